The lowest BCUT2D eigenvalue weighted by Crippen LogP contribution is -2.49. The SMILES string of the molecule is CC(=O)O[C@@H]1c2ccccc2[C@@H]2[C@H]1C[C@H](O)[C@]21C(=O)CCc2ccccc21.CC(=O)O[C@H]1c2ccccc2[C@H]2[C@@H]1C[C@@H](O)[C@@]21C(=O)CCc2ccccc21. The molecule has 6 aliphatic rings. The number of aryl methyl sites for hydroxylation is 2. The molecule has 0 radical (unpaired) electrons. The Balaban J connectivity index is 0.000000142. The minimum atomic E-state index is -0.940. The molecule has 6 aliphatic carbocycles. The Morgan fingerprint density at radius 1 is 0.537 bits per heavy atom. The van der Waals surface area contributed by atoms with E-state index in [2.05, 4.69) is 12.1 Å². The summed E-state index contributed by atoms with van der Waals surface area (Å²) < 4.78 is 11.4. The van der Waals surface area contributed by atoms with Crippen LogP contribution in [-0.4, -0.2) is 45.9 Å². The van der Waals surface area contributed by atoms with Crippen LogP contribution >= 0.6 is 0 Å². The fourth-order valence-electron chi connectivity index (χ4n) is 11.9. The van der Waals surface area contributed by atoms with Crippen LogP contribution in [0.2, 0.25) is 0 Å². The summed E-state index contributed by atoms with van der Waals surface area (Å²) in [6.07, 6.45) is 0.885. The number of aliphatic hydroxyl groups excluding tert-OH is 2. The summed E-state index contributed by atoms with van der Waals surface area (Å²) in [4.78, 5) is 50.3. The third kappa shape index (κ3) is 4.75. The second-order valence-corrected chi connectivity index (χ2v) is 16.0. The molecule has 0 bridgehead atoms. The highest BCUT2D eigenvalue weighted by atomic mass is 16.5. The van der Waals surface area contributed by atoms with Gasteiger partial charge in [0.05, 0.1) is 23.0 Å². The highest BCUT2D eigenvalue weighted by Crippen LogP contribution is 2.66. The van der Waals surface area contributed by atoms with Crippen molar-refractivity contribution >= 4 is 23.5 Å². The van der Waals surface area contributed by atoms with Crippen molar-refractivity contribution in [1.82, 2.24) is 0 Å². The summed E-state index contributed by atoms with van der Waals surface area (Å²) in [7, 11) is 0. The van der Waals surface area contributed by atoms with E-state index in [-0.39, 0.29) is 47.2 Å². The standard InChI is InChI=1S/2C23H22O4/c2*1-13(24)27-22-16-8-4-3-7-15(16)21-17(22)12-20(26)23(21)18-9-5-2-6-14(18)10-11-19(23)25/h2*2-9,17,20-22,26H,10-12H2,1H3/t2*17-,20+,21-,22-,23+/m10/s1. The van der Waals surface area contributed by atoms with Crippen molar-refractivity contribution in [3.63, 3.8) is 0 Å². The zero-order chi connectivity index (χ0) is 37.5. The number of ether oxygens (including phenoxy) is 2. The number of carbonyl (C=O) groups excluding carboxylic acids is 4. The number of esters is 2. The van der Waals surface area contributed by atoms with E-state index in [0.29, 0.717) is 25.7 Å². The zero-order valence-electron chi connectivity index (χ0n) is 30.4. The molecule has 2 spiro atoms. The Morgan fingerprint density at radius 3 is 1.28 bits per heavy atom. The van der Waals surface area contributed by atoms with E-state index in [1.807, 2.05) is 84.9 Å². The molecule has 2 fully saturated rings. The predicted octanol–water partition coefficient (Wildman–Crippen LogP) is 6.44. The summed E-state index contributed by atoms with van der Waals surface area (Å²) >= 11 is 0. The van der Waals surface area contributed by atoms with Gasteiger partial charge < -0.3 is 19.7 Å². The lowest BCUT2D eigenvalue weighted by atomic mass is 9.60. The second-order valence-electron chi connectivity index (χ2n) is 16.0. The Kier molecular flexibility index (Phi) is 8.28. The number of ketones is 2. The van der Waals surface area contributed by atoms with Crippen LogP contribution in [0.4, 0.5) is 0 Å². The van der Waals surface area contributed by atoms with Gasteiger partial charge in [-0.3, -0.25) is 19.2 Å². The van der Waals surface area contributed by atoms with Crippen LogP contribution in [0, 0.1) is 11.8 Å². The van der Waals surface area contributed by atoms with Crippen molar-refractivity contribution in [2.24, 2.45) is 11.8 Å². The van der Waals surface area contributed by atoms with Crippen LogP contribution in [-0.2, 0) is 52.3 Å². The van der Waals surface area contributed by atoms with Gasteiger partial charge in [-0.05, 0) is 70.2 Å². The fraction of sp³-hybridized carbons (Fsp3) is 0.391. The van der Waals surface area contributed by atoms with Gasteiger partial charge in [0.15, 0.2) is 0 Å². The van der Waals surface area contributed by atoms with Crippen molar-refractivity contribution in [2.75, 3.05) is 0 Å². The maximum Gasteiger partial charge on any atom is 0.303 e. The Labute approximate surface area is 314 Å². The molecule has 276 valence electrons. The van der Waals surface area contributed by atoms with Gasteiger partial charge in [-0.1, -0.05) is 97.1 Å². The highest BCUT2D eigenvalue weighted by molar-refractivity contribution is 5.96. The first-order valence-electron chi connectivity index (χ1n) is 19.2. The number of hydrogen-bond acceptors (Lipinski definition) is 8. The molecule has 0 aliphatic heterocycles. The number of hydrogen-bond donors (Lipinski definition) is 2. The Hall–Kier alpha value is -4.92. The number of benzene rings is 4. The van der Waals surface area contributed by atoms with Crippen LogP contribution in [0.1, 0.15) is 108 Å². The first-order chi connectivity index (χ1) is 26.1. The molecule has 8 nitrogen and oxygen atoms in total. The van der Waals surface area contributed by atoms with E-state index in [1.165, 1.54) is 13.8 Å². The third-order valence-corrected chi connectivity index (χ3v) is 13.6. The zero-order valence-corrected chi connectivity index (χ0v) is 30.4. The molecule has 2 saturated carbocycles. The molecule has 10 rings (SSSR count). The molecule has 0 saturated heterocycles. The van der Waals surface area contributed by atoms with Crippen LogP contribution in [0.5, 0.6) is 0 Å². The molecule has 0 unspecified atom stereocenters. The van der Waals surface area contributed by atoms with Gasteiger partial charge in [-0.25, -0.2) is 0 Å². The van der Waals surface area contributed by atoms with Gasteiger partial charge in [-0.2, -0.15) is 0 Å². The molecular formula is C46H44O8. The molecule has 54 heavy (non-hydrogen) atoms. The molecule has 8 heteroatoms. The normalized spacial score (nSPS) is 33.5. The van der Waals surface area contributed by atoms with E-state index < -0.39 is 35.2 Å². The molecule has 0 heterocycles. The van der Waals surface area contributed by atoms with Gasteiger partial charge in [0, 0.05) is 50.4 Å². The smallest absolute Gasteiger partial charge is 0.303 e. The van der Waals surface area contributed by atoms with E-state index in [4.69, 9.17) is 9.47 Å². The van der Waals surface area contributed by atoms with Gasteiger partial charge in [0.1, 0.15) is 23.8 Å². The van der Waals surface area contributed by atoms with Crippen LogP contribution < -0.4 is 0 Å². The fourth-order valence-corrected chi connectivity index (χ4v) is 11.9. The summed E-state index contributed by atoms with van der Waals surface area (Å²) in [6.45, 7) is 2.83. The van der Waals surface area contributed by atoms with Crippen LogP contribution in [0.25, 0.3) is 0 Å². The summed E-state index contributed by atoms with van der Waals surface area (Å²) in [6, 6.07) is 31.8. The first kappa shape index (κ1) is 34.8. The van der Waals surface area contributed by atoms with Crippen molar-refractivity contribution < 1.29 is 38.9 Å². The molecule has 4 aromatic rings. The van der Waals surface area contributed by atoms with E-state index in [0.717, 1.165) is 57.3 Å². The maximum atomic E-state index is 13.4. The van der Waals surface area contributed by atoms with E-state index in [9.17, 15) is 29.4 Å². The number of fused-ring (bicyclic) bond motifs is 12. The van der Waals surface area contributed by atoms with Crippen molar-refractivity contribution in [1.29, 1.82) is 0 Å². The third-order valence-electron chi connectivity index (χ3n) is 13.6. The van der Waals surface area contributed by atoms with Gasteiger partial charge in [0.2, 0.25) is 0 Å². The average Bonchev–Trinajstić information content (AvgIpc) is 3.84. The first-order valence-corrected chi connectivity index (χ1v) is 19.2. The van der Waals surface area contributed by atoms with Crippen molar-refractivity contribution in [3.05, 3.63) is 142 Å². The second kappa shape index (κ2) is 12.8. The van der Waals surface area contributed by atoms with Gasteiger partial charge >= 0.3 is 11.9 Å². The van der Waals surface area contributed by atoms with E-state index in [1.54, 1.807) is 0 Å². The minimum absolute atomic E-state index is 0.0867. The van der Waals surface area contributed by atoms with Crippen LogP contribution in [0.15, 0.2) is 97.1 Å². The van der Waals surface area contributed by atoms with Crippen molar-refractivity contribution in [2.45, 2.75) is 99.5 Å². The monoisotopic (exact) mass is 724 g/mol. The van der Waals surface area contributed by atoms with Gasteiger partial charge in [0.25, 0.3) is 0 Å². The largest absolute Gasteiger partial charge is 0.457 e. The van der Waals surface area contributed by atoms with Gasteiger partial charge in [-0.15, -0.1) is 0 Å². The number of rotatable bonds is 2. The molecule has 2 N–H and O–H groups in total. The topological polar surface area (TPSA) is 127 Å². The number of Topliss-reactive ketones (excluding diaryl/α,β-unsaturated/α-hetero) is 2. The molecule has 4 aromatic carbocycles. The maximum absolute atomic E-state index is 13.4. The minimum Gasteiger partial charge on any atom is -0.457 e. The molecule has 0 aromatic heterocycles. The summed E-state index contributed by atoms with van der Waals surface area (Å²) in [5.41, 5.74) is 6.35. The van der Waals surface area contributed by atoms with Crippen molar-refractivity contribution in [3.8, 4) is 0 Å². The highest BCUT2D eigenvalue weighted by Gasteiger charge is 2.67. The van der Waals surface area contributed by atoms with Crippen LogP contribution in [0.3, 0.4) is 0 Å². The average molecular weight is 725 g/mol. The summed E-state index contributed by atoms with van der Waals surface area (Å²) in [5.74, 6) is -0.946. The number of carbonyl (C=O) groups is 4. The molecule has 10 atom stereocenters. The lowest BCUT2D eigenvalue weighted by Gasteiger charge is -2.41. The molecular weight excluding hydrogens is 680 g/mol. The predicted molar refractivity (Wildman–Crippen MR) is 199 cm³/mol. The molecule has 0 amide bonds. The summed E-state index contributed by atoms with van der Waals surface area (Å²) in [5, 5.41) is 22.5. The van der Waals surface area contributed by atoms with E-state index >= 15 is 0 Å². The number of aliphatic hydroxyl groups is 2. The quantitative estimate of drug-likeness (QED) is 0.226. The Morgan fingerprint density at radius 2 is 0.889 bits per heavy atom. The Bertz CT molecular complexity index is 2050. The lowest BCUT2D eigenvalue weighted by molar-refractivity contribution is -0.150.